The van der Waals surface area contributed by atoms with Gasteiger partial charge in [0, 0.05) is 24.2 Å². The van der Waals surface area contributed by atoms with E-state index in [9.17, 15) is 4.79 Å². The number of nitrogens with one attached hydrogen (secondary N) is 1. The van der Waals surface area contributed by atoms with E-state index >= 15 is 0 Å². The number of rotatable bonds is 3. The number of aromatic nitrogens is 4. The molecule has 0 saturated carbocycles. The summed E-state index contributed by atoms with van der Waals surface area (Å²) in [6.45, 7) is 3.64. The molecule has 0 aliphatic heterocycles. The number of amides is 1. The average molecular weight is 301 g/mol. The van der Waals surface area contributed by atoms with E-state index in [-0.39, 0.29) is 11.6 Å². The van der Waals surface area contributed by atoms with E-state index in [2.05, 4.69) is 25.5 Å². The summed E-state index contributed by atoms with van der Waals surface area (Å²) in [6.07, 6.45) is 4.41. The number of nitrogens with zero attached hydrogens (tertiary/aromatic N) is 4. The van der Waals surface area contributed by atoms with Gasteiger partial charge in [0.05, 0.1) is 16.8 Å². The van der Waals surface area contributed by atoms with Crippen molar-refractivity contribution in [1.29, 1.82) is 0 Å². The van der Waals surface area contributed by atoms with Crippen molar-refractivity contribution in [3.63, 3.8) is 0 Å². The first-order chi connectivity index (χ1) is 10.1. The highest BCUT2D eigenvalue weighted by atomic mass is 32.1. The fraction of sp³-hybridized carbons (Fsp3) is 0.154. The van der Waals surface area contributed by atoms with E-state index in [1.807, 2.05) is 6.92 Å². The normalized spacial score (nSPS) is 10.6. The first kappa shape index (κ1) is 13.4. The molecule has 0 saturated heterocycles. The fourth-order valence-corrected chi connectivity index (χ4v) is 2.61. The van der Waals surface area contributed by atoms with Crippen molar-refractivity contribution in [3.8, 4) is 10.8 Å². The zero-order chi connectivity index (χ0) is 14.8. The third-order valence-electron chi connectivity index (χ3n) is 2.70. The van der Waals surface area contributed by atoms with Gasteiger partial charge in [0.2, 0.25) is 5.89 Å². The van der Waals surface area contributed by atoms with Crippen LogP contribution < -0.4 is 5.32 Å². The fourth-order valence-electron chi connectivity index (χ4n) is 1.71. The second-order valence-corrected chi connectivity index (χ2v) is 5.51. The molecule has 1 N–H and O–H groups in total. The minimum Gasteiger partial charge on any atom is -0.420 e. The monoisotopic (exact) mass is 301 g/mol. The average Bonchev–Trinajstić information content (AvgIpc) is 3.07. The quantitative estimate of drug-likeness (QED) is 0.798. The van der Waals surface area contributed by atoms with Gasteiger partial charge in [-0.15, -0.1) is 21.5 Å². The molecule has 8 heteroatoms. The predicted octanol–water partition coefficient (Wildman–Crippen LogP) is 2.46. The van der Waals surface area contributed by atoms with Crippen molar-refractivity contribution >= 4 is 22.9 Å². The molecule has 0 aliphatic carbocycles. The van der Waals surface area contributed by atoms with Gasteiger partial charge >= 0.3 is 0 Å². The first-order valence-electron chi connectivity index (χ1n) is 6.12. The molecule has 1 amide bonds. The standard InChI is InChI=1S/C13H11N5O2S/c1-7-9(16-12(19)10-6-14-3-4-15-10)5-11(21-7)13-18-17-8(2)20-13/h3-6H,1-2H3,(H,16,19). The van der Waals surface area contributed by atoms with Crippen LogP contribution in [0.4, 0.5) is 5.69 Å². The third-order valence-corrected chi connectivity index (χ3v) is 3.74. The molecule has 3 aromatic rings. The number of anilines is 1. The molecule has 0 atom stereocenters. The molecule has 3 heterocycles. The summed E-state index contributed by atoms with van der Waals surface area (Å²) in [6, 6.07) is 1.81. The summed E-state index contributed by atoms with van der Waals surface area (Å²) < 4.78 is 5.38. The molecule has 3 rings (SSSR count). The van der Waals surface area contributed by atoms with Crippen molar-refractivity contribution in [3.05, 3.63) is 41.1 Å². The predicted molar refractivity (Wildman–Crippen MR) is 77.1 cm³/mol. The highest BCUT2D eigenvalue weighted by molar-refractivity contribution is 7.15. The van der Waals surface area contributed by atoms with Crippen LogP contribution in [-0.4, -0.2) is 26.1 Å². The van der Waals surface area contributed by atoms with E-state index < -0.39 is 0 Å². The lowest BCUT2D eigenvalue weighted by Gasteiger charge is -2.02. The highest BCUT2D eigenvalue weighted by Crippen LogP contribution is 2.33. The van der Waals surface area contributed by atoms with Crippen LogP contribution in [0.15, 0.2) is 29.1 Å². The number of carbonyl (C=O) groups is 1. The minimum absolute atomic E-state index is 0.262. The molecule has 0 fully saturated rings. The van der Waals surface area contributed by atoms with Crippen LogP contribution >= 0.6 is 11.3 Å². The molecule has 0 aliphatic rings. The first-order valence-corrected chi connectivity index (χ1v) is 6.93. The van der Waals surface area contributed by atoms with Crippen LogP contribution in [0.1, 0.15) is 21.3 Å². The van der Waals surface area contributed by atoms with Crippen LogP contribution in [0, 0.1) is 13.8 Å². The number of carbonyl (C=O) groups excluding carboxylic acids is 1. The lowest BCUT2D eigenvalue weighted by atomic mass is 10.3. The number of thiophene rings is 1. The summed E-state index contributed by atoms with van der Waals surface area (Å²) in [7, 11) is 0. The van der Waals surface area contributed by atoms with Gasteiger partial charge in [0.1, 0.15) is 5.69 Å². The highest BCUT2D eigenvalue weighted by Gasteiger charge is 2.15. The largest absolute Gasteiger partial charge is 0.420 e. The topological polar surface area (TPSA) is 93.8 Å². The lowest BCUT2D eigenvalue weighted by Crippen LogP contribution is -2.13. The molecule has 0 radical (unpaired) electrons. The van der Waals surface area contributed by atoms with Crippen LogP contribution in [0.25, 0.3) is 10.8 Å². The van der Waals surface area contributed by atoms with Gasteiger partial charge in [0.15, 0.2) is 0 Å². The van der Waals surface area contributed by atoms with E-state index in [0.29, 0.717) is 17.5 Å². The Morgan fingerprint density at radius 2 is 2.14 bits per heavy atom. The third kappa shape index (κ3) is 2.79. The Morgan fingerprint density at radius 1 is 1.29 bits per heavy atom. The number of aryl methyl sites for hydroxylation is 2. The second-order valence-electron chi connectivity index (χ2n) is 4.25. The summed E-state index contributed by atoms with van der Waals surface area (Å²) in [5.41, 5.74) is 0.958. The Morgan fingerprint density at radius 3 is 2.81 bits per heavy atom. The Balaban J connectivity index is 1.84. The summed E-state index contributed by atoms with van der Waals surface area (Å²) in [5.74, 6) is 0.638. The molecule has 0 bridgehead atoms. The van der Waals surface area contributed by atoms with E-state index in [4.69, 9.17) is 4.42 Å². The maximum absolute atomic E-state index is 12.1. The zero-order valence-electron chi connectivity index (χ0n) is 11.3. The molecule has 106 valence electrons. The molecule has 0 unspecified atom stereocenters. The van der Waals surface area contributed by atoms with Crippen LogP contribution in [0.3, 0.4) is 0 Å². The van der Waals surface area contributed by atoms with Crippen molar-refractivity contribution in [2.75, 3.05) is 5.32 Å². The number of hydrogen-bond acceptors (Lipinski definition) is 7. The SMILES string of the molecule is Cc1nnc(-c2cc(NC(=O)c3cnccn3)c(C)s2)o1. The van der Waals surface area contributed by atoms with Crippen LogP contribution in [0.5, 0.6) is 0 Å². The Kier molecular flexibility index (Phi) is 3.44. The van der Waals surface area contributed by atoms with E-state index in [1.165, 1.54) is 29.9 Å². The minimum atomic E-state index is -0.308. The Hall–Kier alpha value is -2.61. The van der Waals surface area contributed by atoms with Crippen LogP contribution in [-0.2, 0) is 0 Å². The molecular formula is C13H11N5O2S. The van der Waals surface area contributed by atoms with Gasteiger partial charge in [-0.05, 0) is 13.0 Å². The van der Waals surface area contributed by atoms with Gasteiger partial charge < -0.3 is 9.73 Å². The van der Waals surface area contributed by atoms with Gasteiger partial charge in [-0.2, -0.15) is 0 Å². The molecular weight excluding hydrogens is 290 g/mol. The van der Waals surface area contributed by atoms with Crippen molar-refractivity contribution in [2.24, 2.45) is 0 Å². The van der Waals surface area contributed by atoms with Gasteiger partial charge in [0.25, 0.3) is 11.8 Å². The Bertz CT molecular complexity index is 781. The van der Waals surface area contributed by atoms with Crippen molar-refractivity contribution in [1.82, 2.24) is 20.2 Å². The smallest absolute Gasteiger partial charge is 0.275 e. The maximum Gasteiger partial charge on any atom is 0.275 e. The molecule has 3 aromatic heterocycles. The van der Waals surface area contributed by atoms with Crippen molar-refractivity contribution < 1.29 is 9.21 Å². The van der Waals surface area contributed by atoms with Crippen LogP contribution in [0.2, 0.25) is 0 Å². The van der Waals surface area contributed by atoms with Gasteiger partial charge in [-0.3, -0.25) is 9.78 Å². The molecule has 21 heavy (non-hydrogen) atoms. The molecule has 7 nitrogen and oxygen atoms in total. The van der Waals surface area contributed by atoms with Crippen molar-refractivity contribution in [2.45, 2.75) is 13.8 Å². The summed E-state index contributed by atoms with van der Waals surface area (Å²) in [5, 5.41) is 10.6. The second kappa shape index (κ2) is 5.41. The van der Waals surface area contributed by atoms with Gasteiger partial charge in [-0.25, -0.2) is 4.98 Å². The number of hydrogen-bond donors (Lipinski definition) is 1. The van der Waals surface area contributed by atoms with E-state index in [1.54, 1.807) is 13.0 Å². The van der Waals surface area contributed by atoms with E-state index in [0.717, 1.165) is 9.75 Å². The van der Waals surface area contributed by atoms with Gasteiger partial charge in [-0.1, -0.05) is 0 Å². The molecule has 0 spiro atoms. The summed E-state index contributed by atoms with van der Waals surface area (Å²) in [4.78, 5) is 21.6. The lowest BCUT2D eigenvalue weighted by molar-refractivity contribution is 0.102. The zero-order valence-corrected chi connectivity index (χ0v) is 12.1. The maximum atomic E-state index is 12.1. The summed E-state index contributed by atoms with van der Waals surface area (Å²) >= 11 is 1.47. The Labute approximate surface area is 124 Å². The molecule has 0 aromatic carbocycles.